The second-order valence-corrected chi connectivity index (χ2v) is 9.03. The van der Waals surface area contributed by atoms with Crippen LogP contribution in [-0.2, 0) is 20.8 Å². The van der Waals surface area contributed by atoms with Gasteiger partial charge < -0.3 is 14.4 Å². The smallest absolute Gasteiger partial charge is 0.309 e. The predicted octanol–water partition coefficient (Wildman–Crippen LogP) is 2.92. The molecule has 0 N–H and O–H groups in total. The van der Waals surface area contributed by atoms with Crippen LogP contribution in [0.4, 0.5) is 5.82 Å². The van der Waals surface area contributed by atoms with Gasteiger partial charge in [0.1, 0.15) is 16.5 Å². The summed E-state index contributed by atoms with van der Waals surface area (Å²) in [5.74, 6) is 1.85. The Bertz CT molecular complexity index is 870. The van der Waals surface area contributed by atoms with E-state index in [4.69, 9.17) is 19.4 Å². The molecule has 2 saturated heterocycles. The molecule has 2 aliphatic rings. The van der Waals surface area contributed by atoms with Crippen LogP contribution < -0.4 is 4.90 Å². The van der Waals surface area contributed by atoms with Gasteiger partial charge >= 0.3 is 5.97 Å². The lowest BCUT2D eigenvalue weighted by molar-refractivity contribution is -0.148. The van der Waals surface area contributed by atoms with E-state index in [0.29, 0.717) is 6.61 Å². The fraction of sp³-hybridized carbons (Fsp3) is 0.667. The fourth-order valence-corrected chi connectivity index (χ4v) is 5.16. The first-order chi connectivity index (χ1) is 14.1. The number of fused-ring (bicyclic) bond motifs is 1. The number of ether oxygens (including phenoxy) is 2. The molecule has 0 aromatic carbocycles. The van der Waals surface area contributed by atoms with Crippen molar-refractivity contribution in [2.24, 2.45) is 5.92 Å². The summed E-state index contributed by atoms with van der Waals surface area (Å²) < 4.78 is 10.7. The highest BCUT2D eigenvalue weighted by atomic mass is 32.1. The molecule has 2 aliphatic heterocycles. The van der Waals surface area contributed by atoms with Crippen LogP contribution in [0.5, 0.6) is 0 Å². The maximum Gasteiger partial charge on any atom is 0.309 e. The van der Waals surface area contributed by atoms with Gasteiger partial charge in [-0.05, 0) is 39.2 Å². The van der Waals surface area contributed by atoms with Gasteiger partial charge in [0.05, 0.1) is 37.7 Å². The van der Waals surface area contributed by atoms with Crippen LogP contribution in [0.1, 0.15) is 36.0 Å². The van der Waals surface area contributed by atoms with Gasteiger partial charge in [-0.3, -0.25) is 9.69 Å². The minimum Gasteiger partial charge on any atom is -0.466 e. The number of morpholine rings is 1. The largest absolute Gasteiger partial charge is 0.466 e. The molecule has 0 unspecified atom stereocenters. The fourth-order valence-electron chi connectivity index (χ4n) is 4.12. The second kappa shape index (κ2) is 8.93. The molecule has 158 valence electrons. The van der Waals surface area contributed by atoms with Gasteiger partial charge in [0.2, 0.25) is 0 Å². The van der Waals surface area contributed by atoms with Crippen molar-refractivity contribution >= 4 is 33.3 Å². The summed E-state index contributed by atoms with van der Waals surface area (Å²) in [5.41, 5.74) is 1.27. The van der Waals surface area contributed by atoms with E-state index >= 15 is 0 Å². The molecule has 0 atom stereocenters. The third-order valence-corrected chi connectivity index (χ3v) is 7.04. The summed E-state index contributed by atoms with van der Waals surface area (Å²) >= 11 is 1.75. The third-order valence-electron chi connectivity index (χ3n) is 5.94. The summed E-state index contributed by atoms with van der Waals surface area (Å²) in [4.78, 5) is 29.1. The van der Waals surface area contributed by atoms with Gasteiger partial charge in [0.15, 0.2) is 0 Å². The first-order valence-corrected chi connectivity index (χ1v) is 11.4. The number of hydrogen-bond acceptors (Lipinski definition) is 8. The van der Waals surface area contributed by atoms with Crippen molar-refractivity contribution in [2.45, 2.75) is 40.2 Å². The first-order valence-electron chi connectivity index (χ1n) is 10.5. The number of carbonyl (C=O) groups excluding carboxylic acids is 1. The number of aryl methyl sites for hydroxylation is 2. The Morgan fingerprint density at radius 2 is 1.90 bits per heavy atom. The zero-order valence-corrected chi connectivity index (χ0v) is 18.4. The van der Waals surface area contributed by atoms with E-state index in [0.717, 1.165) is 75.3 Å². The number of esters is 1. The number of thiophene rings is 1. The predicted molar refractivity (Wildman–Crippen MR) is 115 cm³/mol. The molecule has 0 saturated carbocycles. The van der Waals surface area contributed by atoms with Crippen LogP contribution in [0.25, 0.3) is 10.2 Å². The van der Waals surface area contributed by atoms with Gasteiger partial charge in [-0.15, -0.1) is 11.3 Å². The number of anilines is 1. The van der Waals surface area contributed by atoms with Crippen LogP contribution in [0.15, 0.2) is 0 Å². The SMILES string of the molecule is CCOC(=O)C1CCN(c2nc(CN3CCOCC3)nc3sc(C)c(C)c23)CC1. The summed E-state index contributed by atoms with van der Waals surface area (Å²) in [6, 6.07) is 0. The van der Waals surface area contributed by atoms with Crippen molar-refractivity contribution in [2.75, 3.05) is 50.9 Å². The molecule has 0 amide bonds. The van der Waals surface area contributed by atoms with Crippen molar-refractivity contribution in [1.29, 1.82) is 0 Å². The van der Waals surface area contributed by atoms with Gasteiger partial charge in [0.25, 0.3) is 0 Å². The van der Waals surface area contributed by atoms with Crippen molar-refractivity contribution in [3.8, 4) is 0 Å². The molecule has 0 bridgehead atoms. The Labute approximate surface area is 176 Å². The van der Waals surface area contributed by atoms with E-state index in [1.807, 2.05) is 6.92 Å². The highest BCUT2D eigenvalue weighted by molar-refractivity contribution is 7.18. The molecule has 0 spiro atoms. The molecule has 8 heteroatoms. The van der Waals surface area contributed by atoms with Crippen LogP contribution in [-0.4, -0.2) is 66.8 Å². The standard InChI is InChI=1S/C21H30N4O3S/c1-4-28-21(26)16-5-7-25(8-6-16)19-18-14(2)15(3)29-20(18)23-17(22-19)13-24-9-11-27-12-10-24/h16H,4-13H2,1-3H3. The molecule has 0 radical (unpaired) electrons. The van der Waals surface area contributed by atoms with Gasteiger partial charge in [-0.25, -0.2) is 9.97 Å². The Balaban J connectivity index is 1.59. The molecule has 7 nitrogen and oxygen atoms in total. The minimum atomic E-state index is -0.0597. The number of rotatable bonds is 5. The van der Waals surface area contributed by atoms with Crippen molar-refractivity contribution < 1.29 is 14.3 Å². The van der Waals surface area contributed by atoms with Crippen LogP contribution in [0, 0.1) is 19.8 Å². The molecule has 2 fully saturated rings. The Morgan fingerprint density at radius 3 is 2.59 bits per heavy atom. The lowest BCUT2D eigenvalue weighted by Crippen LogP contribution is -2.38. The van der Waals surface area contributed by atoms with E-state index in [9.17, 15) is 4.79 Å². The first kappa shape index (κ1) is 20.5. The topological polar surface area (TPSA) is 67.8 Å². The molecule has 2 aromatic heterocycles. The summed E-state index contributed by atoms with van der Waals surface area (Å²) in [7, 11) is 0. The molecular formula is C21H30N4O3S. The highest BCUT2D eigenvalue weighted by Crippen LogP contribution is 2.36. The van der Waals surface area contributed by atoms with Crippen LogP contribution in [0.3, 0.4) is 0 Å². The van der Waals surface area contributed by atoms with Gasteiger partial charge in [-0.2, -0.15) is 0 Å². The van der Waals surface area contributed by atoms with E-state index in [1.54, 1.807) is 11.3 Å². The van der Waals surface area contributed by atoms with Gasteiger partial charge in [-0.1, -0.05) is 0 Å². The molecule has 2 aromatic rings. The van der Waals surface area contributed by atoms with Crippen molar-refractivity contribution in [3.63, 3.8) is 0 Å². The Hall–Kier alpha value is -1.77. The maximum absolute atomic E-state index is 12.1. The third kappa shape index (κ3) is 4.39. The second-order valence-electron chi connectivity index (χ2n) is 7.83. The Morgan fingerprint density at radius 1 is 1.17 bits per heavy atom. The lowest BCUT2D eigenvalue weighted by atomic mass is 9.97. The van der Waals surface area contributed by atoms with E-state index in [-0.39, 0.29) is 11.9 Å². The Kier molecular flexibility index (Phi) is 6.32. The average Bonchev–Trinajstić information content (AvgIpc) is 3.02. The zero-order valence-electron chi connectivity index (χ0n) is 17.6. The molecule has 4 rings (SSSR count). The number of nitrogens with zero attached hydrogens (tertiary/aromatic N) is 4. The number of hydrogen-bond donors (Lipinski definition) is 0. The number of piperidine rings is 1. The summed E-state index contributed by atoms with van der Waals surface area (Å²) in [6.45, 7) is 12.4. The van der Waals surface area contributed by atoms with Crippen LogP contribution >= 0.6 is 11.3 Å². The lowest BCUT2D eigenvalue weighted by Gasteiger charge is -2.32. The van der Waals surface area contributed by atoms with E-state index in [2.05, 4.69) is 23.6 Å². The average molecular weight is 419 g/mol. The molecule has 0 aliphatic carbocycles. The summed E-state index contributed by atoms with van der Waals surface area (Å²) in [5, 5.41) is 1.17. The summed E-state index contributed by atoms with van der Waals surface area (Å²) in [6.07, 6.45) is 1.62. The maximum atomic E-state index is 12.1. The number of carbonyl (C=O) groups is 1. The quantitative estimate of drug-likeness (QED) is 0.692. The number of aromatic nitrogens is 2. The highest BCUT2D eigenvalue weighted by Gasteiger charge is 2.29. The molecule has 4 heterocycles. The van der Waals surface area contributed by atoms with Crippen molar-refractivity contribution in [1.82, 2.24) is 14.9 Å². The van der Waals surface area contributed by atoms with E-state index < -0.39 is 0 Å². The monoisotopic (exact) mass is 418 g/mol. The zero-order chi connectivity index (χ0) is 20.4. The molecular weight excluding hydrogens is 388 g/mol. The van der Waals surface area contributed by atoms with Crippen molar-refractivity contribution in [3.05, 3.63) is 16.3 Å². The minimum absolute atomic E-state index is 0.00153. The normalized spacial score (nSPS) is 19.1. The van der Waals surface area contributed by atoms with Crippen LogP contribution in [0.2, 0.25) is 0 Å². The van der Waals surface area contributed by atoms with Gasteiger partial charge in [0, 0.05) is 31.1 Å². The van der Waals surface area contributed by atoms with E-state index in [1.165, 1.54) is 15.8 Å². The molecule has 29 heavy (non-hydrogen) atoms.